The number of rotatable bonds is 9. The minimum Gasteiger partial charge on any atom is -0.480 e. The van der Waals surface area contributed by atoms with Crippen LogP contribution in [0.15, 0.2) is 60.7 Å². The number of nitrogens with zero attached hydrogens (tertiary/aromatic N) is 1. The Bertz CT molecular complexity index is 1100. The maximum atomic E-state index is 11.1. The first-order valence-electron chi connectivity index (χ1n) is 9.22. The van der Waals surface area contributed by atoms with Gasteiger partial charge in [-0.2, -0.15) is 0 Å². The number of carboxylic acid groups (broad SMARTS) is 1. The van der Waals surface area contributed by atoms with E-state index < -0.39 is 17.5 Å². The average molecular weight is 443 g/mol. The van der Waals surface area contributed by atoms with E-state index in [1.807, 2.05) is 12.1 Å². The maximum absolute atomic E-state index is 11.1. The normalized spacial score (nSPS) is 10.4. The van der Waals surface area contributed by atoms with E-state index in [9.17, 15) is 14.9 Å². The quantitative estimate of drug-likeness (QED) is 0.336. The maximum Gasteiger partial charge on any atom is 0.341 e. The molecule has 0 saturated carbocycles. The van der Waals surface area contributed by atoms with Gasteiger partial charge in [-0.3, -0.25) is 10.1 Å². The fraction of sp³-hybridized carbons (Fsp3) is 0.136. The topological polar surface area (TPSA) is 111 Å². The zero-order chi connectivity index (χ0) is 22.4. The van der Waals surface area contributed by atoms with Gasteiger partial charge < -0.3 is 19.9 Å². The van der Waals surface area contributed by atoms with Gasteiger partial charge in [0, 0.05) is 29.9 Å². The first-order valence-corrected chi connectivity index (χ1v) is 9.60. The number of benzene rings is 3. The number of nitro groups is 1. The molecule has 0 bridgehead atoms. The second-order valence-corrected chi connectivity index (χ2v) is 6.99. The molecule has 3 aromatic carbocycles. The molecule has 0 aliphatic rings. The Hall–Kier alpha value is -3.78. The van der Waals surface area contributed by atoms with Gasteiger partial charge in [-0.1, -0.05) is 29.8 Å². The Kier molecular flexibility index (Phi) is 6.94. The summed E-state index contributed by atoms with van der Waals surface area (Å²) in [5.74, 6) is 0.131. The standard InChI is InChI=1S/C22H19ClN2O6/c1-14-19(3-2-4-20(14)25(28)29)24-12-15-5-7-16(8-6-15)31-17-9-10-18(23)21(11-17)30-13-22(26)27/h2-11,24H,12-13H2,1H3,(H,26,27). The fourth-order valence-corrected chi connectivity index (χ4v) is 2.99. The second kappa shape index (κ2) is 9.82. The third kappa shape index (κ3) is 5.86. The third-order valence-electron chi connectivity index (χ3n) is 4.40. The Morgan fingerprint density at radius 3 is 2.52 bits per heavy atom. The summed E-state index contributed by atoms with van der Waals surface area (Å²) in [5, 5.41) is 23.3. The molecule has 0 heterocycles. The first kappa shape index (κ1) is 21.9. The van der Waals surface area contributed by atoms with Crippen LogP contribution >= 0.6 is 11.6 Å². The number of nitrogens with one attached hydrogen (secondary N) is 1. The van der Waals surface area contributed by atoms with Crippen LogP contribution in [-0.4, -0.2) is 22.6 Å². The number of nitro benzene ring substituents is 1. The molecule has 9 heteroatoms. The third-order valence-corrected chi connectivity index (χ3v) is 4.71. The molecule has 3 aromatic rings. The molecule has 0 aromatic heterocycles. The smallest absolute Gasteiger partial charge is 0.341 e. The highest BCUT2D eigenvalue weighted by Gasteiger charge is 2.13. The van der Waals surface area contributed by atoms with Gasteiger partial charge in [-0.05, 0) is 42.8 Å². The predicted molar refractivity (Wildman–Crippen MR) is 116 cm³/mol. The van der Waals surface area contributed by atoms with Crippen LogP contribution in [0.1, 0.15) is 11.1 Å². The second-order valence-electron chi connectivity index (χ2n) is 6.58. The molecule has 0 amide bonds. The van der Waals surface area contributed by atoms with Crippen molar-refractivity contribution in [2.75, 3.05) is 11.9 Å². The summed E-state index contributed by atoms with van der Waals surface area (Å²) in [6.07, 6.45) is 0. The van der Waals surface area contributed by atoms with Crippen molar-refractivity contribution in [1.82, 2.24) is 0 Å². The fourth-order valence-electron chi connectivity index (χ4n) is 2.82. The van der Waals surface area contributed by atoms with Crippen LogP contribution < -0.4 is 14.8 Å². The van der Waals surface area contributed by atoms with Crippen molar-refractivity contribution in [2.24, 2.45) is 0 Å². The molecular weight excluding hydrogens is 424 g/mol. The van der Waals surface area contributed by atoms with Crippen LogP contribution in [0.3, 0.4) is 0 Å². The van der Waals surface area contributed by atoms with Crippen LogP contribution in [0.4, 0.5) is 11.4 Å². The molecule has 0 atom stereocenters. The van der Waals surface area contributed by atoms with Crippen LogP contribution in [0, 0.1) is 17.0 Å². The van der Waals surface area contributed by atoms with Gasteiger partial charge >= 0.3 is 5.97 Å². The van der Waals surface area contributed by atoms with E-state index in [4.69, 9.17) is 26.2 Å². The Labute approximate surface area is 183 Å². The highest BCUT2D eigenvalue weighted by atomic mass is 35.5. The van der Waals surface area contributed by atoms with E-state index in [1.165, 1.54) is 12.1 Å². The summed E-state index contributed by atoms with van der Waals surface area (Å²) in [4.78, 5) is 21.3. The molecule has 0 radical (unpaired) electrons. The van der Waals surface area contributed by atoms with Gasteiger partial charge in [0.05, 0.1) is 9.95 Å². The summed E-state index contributed by atoms with van der Waals surface area (Å²) in [7, 11) is 0. The largest absolute Gasteiger partial charge is 0.480 e. The molecule has 2 N–H and O–H groups in total. The van der Waals surface area contributed by atoms with Crippen molar-refractivity contribution in [3.63, 3.8) is 0 Å². The van der Waals surface area contributed by atoms with Crippen molar-refractivity contribution < 1.29 is 24.3 Å². The summed E-state index contributed by atoms with van der Waals surface area (Å²) < 4.78 is 10.9. The van der Waals surface area contributed by atoms with Crippen LogP contribution in [-0.2, 0) is 11.3 Å². The predicted octanol–water partition coefficient (Wildman–Crippen LogP) is 5.42. The van der Waals surface area contributed by atoms with Crippen molar-refractivity contribution in [3.8, 4) is 17.2 Å². The van der Waals surface area contributed by atoms with E-state index in [0.717, 1.165) is 5.56 Å². The number of anilines is 1. The van der Waals surface area contributed by atoms with Crippen LogP contribution in [0.25, 0.3) is 0 Å². The minimum atomic E-state index is -1.10. The number of aliphatic carboxylic acids is 1. The number of hydrogen-bond acceptors (Lipinski definition) is 6. The van der Waals surface area contributed by atoms with E-state index in [0.29, 0.717) is 29.3 Å². The van der Waals surface area contributed by atoms with Crippen molar-refractivity contribution >= 4 is 28.9 Å². The lowest BCUT2D eigenvalue weighted by atomic mass is 10.1. The molecule has 0 saturated heterocycles. The van der Waals surface area contributed by atoms with E-state index in [1.54, 1.807) is 43.3 Å². The van der Waals surface area contributed by atoms with Gasteiger partial charge in [0.1, 0.15) is 17.2 Å². The molecule has 0 fully saturated rings. The summed E-state index contributed by atoms with van der Waals surface area (Å²) in [6, 6.07) is 16.9. The highest BCUT2D eigenvalue weighted by molar-refractivity contribution is 6.32. The van der Waals surface area contributed by atoms with E-state index in [2.05, 4.69) is 5.32 Å². The Morgan fingerprint density at radius 1 is 1.13 bits per heavy atom. The van der Waals surface area contributed by atoms with Crippen LogP contribution in [0.5, 0.6) is 17.2 Å². The first-order chi connectivity index (χ1) is 14.8. The Morgan fingerprint density at radius 2 is 1.84 bits per heavy atom. The van der Waals surface area contributed by atoms with Gasteiger partial charge in [-0.15, -0.1) is 0 Å². The van der Waals surface area contributed by atoms with Crippen LogP contribution in [0.2, 0.25) is 5.02 Å². The minimum absolute atomic E-state index is 0.0726. The number of carbonyl (C=O) groups is 1. The molecule has 0 spiro atoms. The molecule has 3 rings (SSSR count). The zero-order valence-corrected chi connectivity index (χ0v) is 17.3. The summed E-state index contributed by atoms with van der Waals surface area (Å²) in [6.45, 7) is 1.68. The lowest BCUT2D eigenvalue weighted by Gasteiger charge is -2.12. The molecule has 0 unspecified atom stereocenters. The Balaban J connectivity index is 1.63. The summed E-state index contributed by atoms with van der Waals surface area (Å²) in [5.41, 5.74) is 2.31. The van der Waals surface area contributed by atoms with E-state index in [-0.39, 0.29) is 16.5 Å². The van der Waals surface area contributed by atoms with E-state index >= 15 is 0 Å². The highest BCUT2D eigenvalue weighted by Crippen LogP contribution is 2.32. The van der Waals surface area contributed by atoms with Crippen molar-refractivity contribution in [1.29, 1.82) is 0 Å². The molecule has 8 nitrogen and oxygen atoms in total. The van der Waals surface area contributed by atoms with Crippen molar-refractivity contribution in [2.45, 2.75) is 13.5 Å². The molecule has 160 valence electrons. The number of carboxylic acids is 1. The van der Waals surface area contributed by atoms with Gasteiger partial charge in [0.25, 0.3) is 5.69 Å². The molecular formula is C22H19ClN2O6. The number of ether oxygens (including phenoxy) is 2. The molecule has 0 aliphatic carbocycles. The number of halogens is 1. The number of hydrogen-bond donors (Lipinski definition) is 2. The summed E-state index contributed by atoms with van der Waals surface area (Å²) >= 11 is 6.01. The van der Waals surface area contributed by atoms with Gasteiger partial charge in [0.2, 0.25) is 0 Å². The van der Waals surface area contributed by atoms with Crippen molar-refractivity contribution in [3.05, 3.63) is 86.9 Å². The molecule has 31 heavy (non-hydrogen) atoms. The molecule has 0 aliphatic heterocycles. The van der Waals surface area contributed by atoms with Gasteiger partial charge in [0.15, 0.2) is 6.61 Å². The monoisotopic (exact) mass is 442 g/mol. The van der Waals surface area contributed by atoms with Gasteiger partial charge in [-0.25, -0.2) is 4.79 Å². The average Bonchev–Trinajstić information content (AvgIpc) is 2.74. The lowest BCUT2D eigenvalue weighted by Crippen LogP contribution is -2.09. The zero-order valence-electron chi connectivity index (χ0n) is 16.5. The SMILES string of the molecule is Cc1c(NCc2ccc(Oc3ccc(Cl)c(OCC(=O)O)c3)cc2)cccc1[N+](=O)[O-]. The lowest BCUT2D eigenvalue weighted by molar-refractivity contribution is -0.385.